The van der Waals surface area contributed by atoms with Crippen LogP contribution in [0.25, 0.3) is 0 Å². The predicted molar refractivity (Wildman–Crippen MR) is 85.0 cm³/mol. The van der Waals surface area contributed by atoms with Gasteiger partial charge in [-0.05, 0) is 39.4 Å². The quantitative estimate of drug-likeness (QED) is 0.851. The number of aliphatic hydroxyl groups excluding tert-OH is 1. The molecule has 120 valence electrons. The Balaban J connectivity index is 1.78. The Labute approximate surface area is 131 Å². The SMILES string of the molecule is Cc1ccc(OCC(O)CN(C)Cc2cc(C)on2)c(C)c1. The van der Waals surface area contributed by atoms with Crippen LogP contribution in [0.5, 0.6) is 5.75 Å². The smallest absolute Gasteiger partial charge is 0.133 e. The molecule has 0 amide bonds. The van der Waals surface area contributed by atoms with E-state index in [9.17, 15) is 5.11 Å². The van der Waals surface area contributed by atoms with Gasteiger partial charge in [0.25, 0.3) is 0 Å². The summed E-state index contributed by atoms with van der Waals surface area (Å²) in [4.78, 5) is 1.99. The summed E-state index contributed by atoms with van der Waals surface area (Å²) >= 11 is 0. The van der Waals surface area contributed by atoms with E-state index in [4.69, 9.17) is 9.26 Å². The molecule has 1 aromatic carbocycles. The summed E-state index contributed by atoms with van der Waals surface area (Å²) in [5.41, 5.74) is 3.15. The number of nitrogens with zero attached hydrogens (tertiary/aromatic N) is 2. The molecule has 2 aromatic rings. The van der Waals surface area contributed by atoms with Gasteiger partial charge in [0, 0.05) is 19.2 Å². The summed E-state index contributed by atoms with van der Waals surface area (Å²) in [6, 6.07) is 7.92. The van der Waals surface area contributed by atoms with Crippen molar-refractivity contribution < 1.29 is 14.4 Å². The summed E-state index contributed by atoms with van der Waals surface area (Å²) in [5.74, 6) is 1.61. The Kier molecular flexibility index (Phi) is 5.57. The molecule has 0 aliphatic carbocycles. The lowest BCUT2D eigenvalue weighted by atomic mass is 10.1. The van der Waals surface area contributed by atoms with E-state index in [0.29, 0.717) is 13.1 Å². The number of aryl methyl sites for hydroxylation is 3. The highest BCUT2D eigenvalue weighted by molar-refractivity contribution is 5.35. The molecule has 5 heteroatoms. The van der Waals surface area contributed by atoms with Gasteiger partial charge in [-0.3, -0.25) is 4.90 Å². The maximum Gasteiger partial charge on any atom is 0.133 e. The lowest BCUT2D eigenvalue weighted by Crippen LogP contribution is -2.32. The zero-order chi connectivity index (χ0) is 16.1. The van der Waals surface area contributed by atoms with Crippen LogP contribution in [0.4, 0.5) is 0 Å². The van der Waals surface area contributed by atoms with Crippen molar-refractivity contribution in [2.75, 3.05) is 20.2 Å². The minimum atomic E-state index is -0.557. The van der Waals surface area contributed by atoms with E-state index in [-0.39, 0.29) is 6.61 Å². The molecule has 0 radical (unpaired) electrons. The molecule has 0 saturated heterocycles. The number of aliphatic hydroxyl groups is 1. The number of hydrogen-bond acceptors (Lipinski definition) is 5. The molecule has 1 aromatic heterocycles. The van der Waals surface area contributed by atoms with Gasteiger partial charge >= 0.3 is 0 Å². The van der Waals surface area contributed by atoms with Crippen LogP contribution < -0.4 is 4.74 Å². The van der Waals surface area contributed by atoms with Crippen LogP contribution in [0, 0.1) is 20.8 Å². The fourth-order valence-electron chi connectivity index (χ4n) is 2.39. The molecule has 0 aliphatic heterocycles. The van der Waals surface area contributed by atoms with Gasteiger partial charge in [0.1, 0.15) is 24.2 Å². The minimum absolute atomic E-state index is 0.270. The van der Waals surface area contributed by atoms with Crippen molar-refractivity contribution in [1.82, 2.24) is 10.1 Å². The first-order valence-corrected chi connectivity index (χ1v) is 7.43. The summed E-state index contributed by atoms with van der Waals surface area (Å²) in [6.07, 6.45) is -0.557. The summed E-state index contributed by atoms with van der Waals surface area (Å²) in [7, 11) is 1.93. The summed E-state index contributed by atoms with van der Waals surface area (Å²) in [6.45, 7) is 7.34. The van der Waals surface area contributed by atoms with Crippen LogP contribution in [0.15, 0.2) is 28.8 Å². The number of rotatable bonds is 7. The molecule has 0 bridgehead atoms. The Hall–Kier alpha value is -1.85. The zero-order valence-electron chi connectivity index (χ0n) is 13.7. The topological polar surface area (TPSA) is 58.7 Å². The van der Waals surface area contributed by atoms with E-state index in [1.807, 2.05) is 50.9 Å². The molecule has 0 saturated carbocycles. The molecule has 1 N–H and O–H groups in total. The van der Waals surface area contributed by atoms with Gasteiger partial charge in [-0.2, -0.15) is 0 Å². The van der Waals surface area contributed by atoms with Gasteiger partial charge in [0.05, 0.1) is 5.69 Å². The normalized spacial score (nSPS) is 12.6. The number of likely N-dealkylation sites (N-methyl/N-ethyl adjacent to an activating group) is 1. The van der Waals surface area contributed by atoms with E-state index in [0.717, 1.165) is 22.8 Å². The molecule has 0 fully saturated rings. The highest BCUT2D eigenvalue weighted by Crippen LogP contribution is 2.18. The van der Waals surface area contributed by atoms with Crippen LogP contribution in [0.2, 0.25) is 0 Å². The van der Waals surface area contributed by atoms with Gasteiger partial charge in [-0.25, -0.2) is 0 Å². The zero-order valence-corrected chi connectivity index (χ0v) is 13.7. The van der Waals surface area contributed by atoms with Crippen LogP contribution in [-0.2, 0) is 6.54 Å². The van der Waals surface area contributed by atoms with Crippen molar-refractivity contribution in [2.24, 2.45) is 0 Å². The third kappa shape index (κ3) is 4.86. The molecular weight excluding hydrogens is 280 g/mol. The summed E-state index contributed by atoms with van der Waals surface area (Å²) < 4.78 is 10.7. The highest BCUT2D eigenvalue weighted by Gasteiger charge is 2.12. The third-order valence-electron chi connectivity index (χ3n) is 3.39. The van der Waals surface area contributed by atoms with Gasteiger partial charge in [0.2, 0.25) is 0 Å². The molecule has 0 aliphatic rings. The van der Waals surface area contributed by atoms with Gasteiger partial charge in [-0.1, -0.05) is 22.9 Å². The molecular formula is C17H24N2O3. The number of benzene rings is 1. The first-order valence-electron chi connectivity index (χ1n) is 7.43. The molecule has 1 heterocycles. The maximum atomic E-state index is 10.1. The van der Waals surface area contributed by atoms with E-state index in [1.54, 1.807) is 0 Å². The average molecular weight is 304 g/mol. The van der Waals surface area contributed by atoms with Crippen molar-refractivity contribution in [3.8, 4) is 5.75 Å². The second kappa shape index (κ2) is 7.42. The van der Waals surface area contributed by atoms with Crippen LogP contribution in [0.3, 0.4) is 0 Å². The standard InChI is InChI=1S/C17H24N2O3/c1-12-5-6-17(13(2)7-12)21-11-16(20)10-19(4)9-15-8-14(3)22-18-15/h5-8,16,20H,9-11H2,1-4H3. The fraction of sp³-hybridized carbons (Fsp3) is 0.471. The second-order valence-corrected chi connectivity index (χ2v) is 5.86. The first kappa shape index (κ1) is 16.5. The molecule has 5 nitrogen and oxygen atoms in total. The van der Waals surface area contributed by atoms with E-state index < -0.39 is 6.10 Å². The van der Waals surface area contributed by atoms with E-state index in [2.05, 4.69) is 11.2 Å². The molecule has 0 spiro atoms. The van der Waals surface area contributed by atoms with E-state index in [1.165, 1.54) is 5.56 Å². The highest BCUT2D eigenvalue weighted by atomic mass is 16.5. The van der Waals surface area contributed by atoms with Crippen molar-refractivity contribution in [3.05, 3.63) is 46.8 Å². The Morgan fingerprint density at radius 3 is 2.68 bits per heavy atom. The monoisotopic (exact) mass is 304 g/mol. The van der Waals surface area contributed by atoms with Crippen molar-refractivity contribution in [1.29, 1.82) is 0 Å². The van der Waals surface area contributed by atoms with Crippen LogP contribution in [-0.4, -0.2) is 41.5 Å². The van der Waals surface area contributed by atoms with Gasteiger partial charge in [0.15, 0.2) is 0 Å². The molecule has 22 heavy (non-hydrogen) atoms. The summed E-state index contributed by atoms with van der Waals surface area (Å²) in [5, 5.41) is 14.0. The average Bonchev–Trinajstić information content (AvgIpc) is 2.82. The van der Waals surface area contributed by atoms with Gasteiger partial charge < -0.3 is 14.4 Å². The minimum Gasteiger partial charge on any atom is -0.491 e. The number of aromatic nitrogens is 1. The van der Waals surface area contributed by atoms with Crippen LogP contribution in [0.1, 0.15) is 22.6 Å². The van der Waals surface area contributed by atoms with Crippen molar-refractivity contribution in [2.45, 2.75) is 33.4 Å². The number of hydrogen-bond donors (Lipinski definition) is 1. The van der Waals surface area contributed by atoms with Crippen LogP contribution >= 0.6 is 0 Å². The number of ether oxygens (including phenoxy) is 1. The fourth-order valence-corrected chi connectivity index (χ4v) is 2.39. The Bertz CT molecular complexity index is 610. The lowest BCUT2D eigenvalue weighted by molar-refractivity contribution is 0.0735. The third-order valence-corrected chi connectivity index (χ3v) is 3.39. The Morgan fingerprint density at radius 1 is 1.27 bits per heavy atom. The lowest BCUT2D eigenvalue weighted by Gasteiger charge is -2.20. The van der Waals surface area contributed by atoms with E-state index >= 15 is 0 Å². The van der Waals surface area contributed by atoms with Crippen molar-refractivity contribution >= 4 is 0 Å². The van der Waals surface area contributed by atoms with Gasteiger partial charge in [-0.15, -0.1) is 0 Å². The predicted octanol–water partition coefficient (Wildman–Crippen LogP) is 2.47. The Morgan fingerprint density at radius 2 is 2.05 bits per heavy atom. The maximum absolute atomic E-state index is 10.1. The molecule has 1 atom stereocenters. The second-order valence-electron chi connectivity index (χ2n) is 5.86. The van der Waals surface area contributed by atoms with Crippen molar-refractivity contribution in [3.63, 3.8) is 0 Å². The molecule has 1 unspecified atom stereocenters. The largest absolute Gasteiger partial charge is 0.491 e. The molecule has 2 rings (SSSR count). The first-order chi connectivity index (χ1) is 10.4.